The molecule has 6 nitrogen and oxygen atoms in total. The van der Waals surface area contributed by atoms with Crippen LogP contribution in [0.15, 0.2) is 18.2 Å². The summed E-state index contributed by atoms with van der Waals surface area (Å²) in [6.45, 7) is 2.85. The molecule has 1 amide bonds. The molecule has 2 aliphatic rings. The van der Waals surface area contributed by atoms with E-state index in [9.17, 15) is 9.59 Å². The maximum absolute atomic E-state index is 12.6. The van der Waals surface area contributed by atoms with Crippen molar-refractivity contribution in [3.05, 3.63) is 23.8 Å². The molecule has 0 aromatic heterocycles. The minimum Gasteiger partial charge on any atom is -0.495 e. The lowest BCUT2D eigenvalue weighted by molar-refractivity contribution is -0.159. The summed E-state index contributed by atoms with van der Waals surface area (Å²) in [6.07, 6.45) is 0. The zero-order valence-corrected chi connectivity index (χ0v) is 12.1. The van der Waals surface area contributed by atoms with Crippen molar-refractivity contribution < 1.29 is 19.1 Å². The highest BCUT2D eigenvalue weighted by Gasteiger charge is 2.59. The highest BCUT2D eigenvalue weighted by molar-refractivity contribution is 6.13. The molecule has 1 saturated heterocycles. The number of carbonyl (C=O) groups is 2. The number of ether oxygens (including phenoxy) is 2. The Morgan fingerprint density at radius 3 is 3.00 bits per heavy atom. The number of methoxy groups -OCH3 is 1. The molecule has 1 fully saturated rings. The molecule has 2 unspecified atom stereocenters. The van der Waals surface area contributed by atoms with Crippen LogP contribution in [0.4, 0.5) is 5.69 Å². The molecule has 3 rings (SSSR count). The standard InChI is InChI=1S/C15H18N2O4/c1-3-21-14(19)15-8-16-7-10(15)9-5-4-6-11(20-2)12(9)17-13(15)18/h4-6,10,16H,3,7-8H2,1-2H3,(H,17,18). The molecule has 0 saturated carbocycles. The molecule has 0 spiro atoms. The Labute approximate surface area is 122 Å². The molecule has 2 aliphatic heterocycles. The van der Waals surface area contributed by atoms with E-state index in [4.69, 9.17) is 9.47 Å². The molecule has 2 atom stereocenters. The van der Waals surface area contributed by atoms with Gasteiger partial charge in [0.15, 0.2) is 5.41 Å². The predicted molar refractivity (Wildman–Crippen MR) is 76.3 cm³/mol. The number of benzene rings is 1. The van der Waals surface area contributed by atoms with E-state index >= 15 is 0 Å². The number of para-hydroxylation sites is 1. The van der Waals surface area contributed by atoms with Crippen LogP contribution in [0.5, 0.6) is 5.75 Å². The average molecular weight is 290 g/mol. The third-order valence-electron chi connectivity index (χ3n) is 4.28. The molecular weight excluding hydrogens is 272 g/mol. The Bertz CT molecular complexity index is 601. The zero-order valence-electron chi connectivity index (χ0n) is 12.1. The van der Waals surface area contributed by atoms with Crippen LogP contribution in [0.3, 0.4) is 0 Å². The Hall–Kier alpha value is -2.08. The minimum atomic E-state index is -1.19. The second-order valence-corrected chi connectivity index (χ2v) is 5.25. The van der Waals surface area contributed by atoms with Gasteiger partial charge in [-0.15, -0.1) is 0 Å². The Kier molecular flexibility index (Phi) is 3.33. The molecular formula is C15H18N2O4. The maximum atomic E-state index is 12.6. The summed E-state index contributed by atoms with van der Waals surface area (Å²) in [7, 11) is 1.56. The smallest absolute Gasteiger partial charge is 0.323 e. The number of amides is 1. The molecule has 0 radical (unpaired) electrons. The largest absolute Gasteiger partial charge is 0.495 e. The first-order valence-electron chi connectivity index (χ1n) is 7.01. The number of rotatable bonds is 3. The van der Waals surface area contributed by atoms with E-state index in [1.165, 1.54) is 0 Å². The van der Waals surface area contributed by atoms with E-state index in [2.05, 4.69) is 10.6 Å². The van der Waals surface area contributed by atoms with Gasteiger partial charge in [0, 0.05) is 19.0 Å². The Morgan fingerprint density at radius 1 is 1.48 bits per heavy atom. The monoisotopic (exact) mass is 290 g/mol. The molecule has 2 heterocycles. The summed E-state index contributed by atoms with van der Waals surface area (Å²) in [4.78, 5) is 25.1. The highest BCUT2D eigenvalue weighted by Crippen LogP contribution is 2.49. The fraction of sp³-hybridized carbons (Fsp3) is 0.467. The summed E-state index contributed by atoms with van der Waals surface area (Å²) in [5, 5.41) is 5.98. The predicted octanol–water partition coefficient (Wildman–Crippen LogP) is 0.884. The van der Waals surface area contributed by atoms with E-state index < -0.39 is 11.4 Å². The lowest BCUT2D eigenvalue weighted by atomic mass is 9.70. The number of esters is 1. The summed E-state index contributed by atoms with van der Waals surface area (Å²) >= 11 is 0. The molecule has 2 N–H and O–H groups in total. The van der Waals surface area contributed by atoms with Crippen molar-refractivity contribution in [3.63, 3.8) is 0 Å². The third kappa shape index (κ3) is 1.82. The lowest BCUT2D eigenvalue weighted by Gasteiger charge is -2.36. The van der Waals surface area contributed by atoms with Gasteiger partial charge in [-0.2, -0.15) is 0 Å². The van der Waals surface area contributed by atoms with E-state index in [0.717, 1.165) is 5.56 Å². The fourth-order valence-corrected chi connectivity index (χ4v) is 3.26. The molecule has 1 aromatic carbocycles. The topological polar surface area (TPSA) is 76.7 Å². The molecule has 6 heteroatoms. The highest BCUT2D eigenvalue weighted by atomic mass is 16.5. The van der Waals surface area contributed by atoms with Crippen LogP contribution in [-0.2, 0) is 14.3 Å². The van der Waals surface area contributed by atoms with E-state index in [-0.39, 0.29) is 18.4 Å². The first-order valence-corrected chi connectivity index (χ1v) is 7.01. The Morgan fingerprint density at radius 2 is 2.29 bits per heavy atom. The van der Waals surface area contributed by atoms with Crippen molar-refractivity contribution in [1.29, 1.82) is 0 Å². The summed E-state index contributed by atoms with van der Waals surface area (Å²) in [5.74, 6) is -0.431. The van der Waals surface area contributed by atoms with Gasteiger partial charge in [0.25, 0.3) is 0 Å². The third-order valence-corrected chi connectivity index (χ3v) is 4.28. The lowest BCUT2D eigenvalue weighted by Crippen LogP contribution is -2.51. The van der Waals surface area contributed by atoms with Crippen LogP contribution in [-0.4, -0.2) is 38.7 Å². The van der Waals surface area contributed by atoms with Crippen molar-refractivity contribution in [2.45, 2.75) is 12.8 Å². The van der Waals surface area contributed by atoms with Crippen molar-refractivity contribution in [3.8, 4) is 5.75 Å². The average Bonchev–Trinajstić information content (AvgIpc) is 2.94. The normalized spacial score (nSPS) is 26.6. The van der Waals surface area contributed by atoms with E-state index in [1.807, 2.05) is 12.1 Å². The van der Waals surface area contributed by atoms with Crippen molar-refractivity contribution in [2.75, 3.05) is 32.1 Å². The van der Waals surface area contributed by atoms with Crippen molar-refractivity contribution in [1.82, 2.24) is 5.32 Å². The molecule has 112 valence electrons. The Balaban J connectivity index is 2.12. The fourth-order valence-electron chi connectivity index (χ4n) is 3.26. The quantitative estimate of drug-likeness (QED) is 0.638. The first-order chi connectivity index (χ1) is 10.1. The van der Waals surface area contributed by atoms with Crippen LogP contribution in [0, 0.1) is 5.41 Å². The summed E-state index contributed by atoms with van der Waals surface area (Å²) in [5.41, 5.74) is 0.376. The van der Waals surface area contributed by atoms with Gasteiger partial charge in [-0.1, -0.05) is 12.1 Å². The number of carbonyl (C=O) groups excluding carboxylic acids is 2. The number of anilines is 1. The zero-order chi connectivity index (χ0) is 15.0. The van der Waals surface area contributed by atoms with Crippen LogP contribution < -0.4 is 15.4 Å². The van der Waals surface area contributed by atoms with Gasteiger partial charge in [0.1, 0.15) is 5.75 Å². The molecule has 0 bridgehead atoms. The molecule has 0 aliphatic carbocycles. The van der Waals surface area contributed by atoms with Crippen LogP contribution in [0.1, 0.15) is 18.4 Å². The van der Waals surface area contributed by atoms with Gasteiger partial charge in [-0.25, -0.2) is 0 Å². The SMILES string of the molecule is CCOC(=O)C12CNCC1c1cccc(OC)c1NC2=O. The second-order valence-electron chi connectivity index (χ2n) is 5.25. The van der Waals surface area contributed by atoms with Gasteiger partial charge >= 0.3 is 5.97 Å². The van der Waals surface area contributed by atoms with E-state index in [0.29, 0.717) is 24.5 Å². The van der Waals surface area contributed by atoms with Gasteiger partial charge in [-0.3, -0.25) is 9.59 Å². The second kappa shape index (κ2) is 5.04. The molecule has 21 heavy (non-hydrogen) atoms. The first kappa shape index (κ1) is 13.9. The summed E-state index contributed by atoms with van der Waals surface area (Å²) in [6, 6.07) is 5.57. The van der Waals surface area contributed by atoms with Gasteiger partial charge in [0.2, 0.25) is 5.91 Å². The number of nitrogens with one attached hydrogen (secondary N) is 2. The van der Waals surface area contributed by atoms with Gasteiger partial charge in [-0.05, 0) is 18.6 Å². The van der Waals surface area contributed by atoms with Crippen LogP contribution in [0.2, 0.25) is 0 Å². The summed E-state index contributed by atoms with van der Waals surface area (Å²) < 4.78 is 10.5. The maximum Gasteiger partial charge on any atom is 0.323 e. The van der Waals surface area contributed by atoms with Gasteiger partial charge < -0.3 is 20.1 Å². The number of hydrogen-bond donors (Lipinski definition) is 2. The number of fused-ring (bicyclic) bond motifs is 3. The molecule has 1 aromatic rings. The number of hydrogen-bond acceptors (Lipinski definition) is 5. The minimum absolute atomic E-state index is 0.240. The van der Waals surface area contributed by atoms with E-state index in [1.54, 1.807) is 20.1 Å². The van der Waals surface area contributed by atoms with Crippen LogP contribution in [0.25, 0.3) is 0 Å². The van der Waals surface area contributed by atoms with Crippen molar-refractivity contribution >= 4 is 17.6 Å². The van der Waals surface area contributed by atoms with Crippen molar-refractivity contribution in [2.24, 2.45) is 5.41 Å². The van der Waals surface area contributed by atoms with Gasteiger partial charge in [0.05, 0.1) is 19.4 Å². The van der Waals surface area contributed by atoms with Crippen LogP contribution >= 0.6 is 0 Å².